The molecule has 0 radical (unpaired) electrons. The van der Waals surface area contributed by atoms with Gasteiger partial charge >= 0.3 is 0 Å². The van der Waals surface area contributed by atoms with Crippen molar-refractivity contribution in [3.05, 3.63) is 34.7 Å². The Morgan fingerprint density at radius 3 is 2.61 bits per heavy atom. The number of carbonyl (C=O) groups is 1. The topological polar surface area (TPSA) is 53.4 Å². The van der Waals surface area contributed by atoms with Gasteiger partial charge in [-0.15, -0.1) is 11.3 Å². The molecule has 5 heteroatoms. The Morgan fingerprint density at radius 1 is 1.33 bits per heavy atom. The number of amides is 1. The molecule has 1 aromatic carbocycles. The third-order valence-electron chi connectivity index (χ3n) is 2.52. The maximum absolute atomic E-state index is 11.6. The van der Waals surface area contributed by atoms with Crippen molar-refractivity contribution in [3.8, 4) is 17.0 Å². The van der Waals surface area contributed by atoms with Gasteiger partial charge in [0.15, 0.2) is 0 Å². The van der Waals surface area contributed by atoms with E-state index in [9.17, 15) is 9.90 Å². The summed E-state index contributed by atoms with van der Waals surface area (Å²) in [5.74, 6) is 0.276. The summed E-state index contributed by atoms with van der Waals surface area (Å²) in [5.41, 5.74) is 1.77. The van der Waals surface area contributed by atoms with Gasteiger partial charge in [-0.05, 0) is 24.3 Å². The Labute approximate surface area is 110 Å². The van der Waals surface area contributed by atoms with Crippen LogP contribution in [0.15, 0.2) is 29.6 Å². The highest BCUT2D eigenvalue weighted by Crippen LogP contribution is 2.24. The van der Waals surface area contributed by atoms with E-state index in [1.165, 1.54) is 11.3 Å². The highest BCUT2D eigenvalue weighted by atomic mass is 32.1. The van der Waals surface area contributed by atoms with E-state index < -0.39 is 0 Å². The van der Waals surface area contributed by atoms with Gasteiger partial charge in [0.25, 0.3) is 0 Å². The van der Waals surface area contributed by atoms with Gasteiger partial charge in [-0.1, -0.05) is 0 Å². The lowest BCUT2D eigenvalue weighted by Gasteiger charge is -2.07. The molecule has 0 spiro atoms. The molecule has 1 aromatic heterocycles. The van der Waals surface area contributed by atoms with Gasteiger partial charge in [0, 0.05) is 25.0 Å². The van der Waals surface area contributed by atoms with Gasteiger partial charge in [0.2, 0.25) is 5.91 Å². The largest absolute Gasteiger partial charge is 0.508 e. The summed E-state index contributed by atoms with van der Waals surface area (Å²) in [6.45, 7) is 0. The molecule has 2 aromatic rings. The van der Waals surface area contributed by atoms with E-state index in [-0.39, 0.29) is 11.7 Å². The SMILES string of the molecule is CN(C)C(=O)Cc1nc(-c2ccc(O)cc2)cs1. The number of carbonyl (C=O) groups excluding carboxylic acids is 1. The third-order valence-corrected chi connectivity index (χ3v) is 3.36. The van der Waals surface area contributed by atoms with Crippen LogP contribution in [0.4, 0.5) is 0 Å². The number of benzene rings is 1. The summed E-state index contributed by atoms with van der Waals surface area (Å²) in [6.07, 6.45) is 0.329. The van der Waals surface area contributed by atoms with Crippen LogP contribution in [0, 0.1) is 0 Å². The molecule has 1 N–H and O–H groups in total. The number of nitrogens with zero attached hydrogens (tertiary/aromatic N) is 2. The molecule has 0 aliphatic carbocycles. The minimum atomic E-state index is 0.0432. The Hall–Kier alpha value is -1.88. The van der Waals surface area contributed by atoms with E-state index in [1.54, 1.807) is 31.1 Å². The Kier molecular flexibility index (Phi) is 3.62. The van der Waals surface area contributed by atoms with Crippen molar-refractivity contribution in [2.24, 2.45) is 0 Å². The molecule has 0 bridgehead atoms. The predicted molar refractivity (Wildman–Crippen MR) is 71.6 cm³/mol. The lowest BCUT2D eigenvalue weighted by molar-refractivity contribution is -0.127. The van der Waals surface area contributed by atoms with Crippen LogP contribution in [-0.4, -0.2) is 35.0 Å². The lowest BCUT2D eigenvalue weighted by Crippen LogP contribution is -2.23. The number of aromatic hydroxyl groups is 1. The first kappa shape index (κ1) is 12.6. The van der Waals surface area contributed by atoms with E-state index in [2.05, 4.69) is 4.98 Å². The van der Waals surface area contributed by atoms with E-state index in [0.29, 0.717) is 6.42 Å². The number of likely N-dealkylation sites (N-methyl/N-ethyl adjacent to an activating group) is 1. The standard InChI is InChI=1S/C13H14N2O2S/c1-15(2)13(17)7-12-14-11(8-18-12)9-3-5-10(16)6-4-9/h3-6,8,16H,7H2,1-2H3. The minimum absolute atomic E-state index is 0.0432. The van der Waals surface area contributed by atoms with Crippen LogP contribution < -0.4 is 0 Å². The van der Waals surface area contributed by atoms with Gasteiger partial charge in [-0.25, -0.2) is 4.98 Å². The molecule has 94 valence electrons. The van der Waals surface area contributed by atoms with E-state index >= 15 is 0 Å². The summed E-state index contributed by atoms with van der Waals surface area (Å²) in [6, 6.07) is 6.86. The second kappa shape index (κ2) is 5.18. The molecule has 0 fully saturated rings. The van der Waals surface area contributed by atoms with Crippen LogP contribution in [-0.2, 0) is 11.2 Å². The fourth-order valence-corrected chi connectivity index (χ4v) is 2.24. The van der Waals surface area contributed by atoms with E-state index in [4.69, 9.17) is 0 Å². The van der Waals surface area contributed by atoms with Crippen molar-refractivity contribution < 1.29 is 9.90 Å². The number of hydrogen-bond acceptors (Lipinski definition) is 4. The van der Waals surface area contributed by atoms with Crippen molar-refractivity contribution in [2.75, 3.05) is 14.1 Å². The first-order chi connectivity index (χ1) is 8.56. The Bertz CT molecular complexity index is 546. The second-order valence-corrected chi connectivity index (χ2v) is 5.08. The summed E-state index contributed by atoms with van der Waals surface area (Å²) in [7, 11) is 3.47. The highest BCUT2D eigenvalue weighted by Gasteiger charge is 2.10. The average molecular weight is 262 g/mol. The van der Waals surface area contributed by atoms with Gasteiger partial charge in [-0.3, -0.25) is 4.79 Å². The molecule has 0 atom stereocenters. The number of aromatic nitrogens is 1. The number of thiazole rings is 1. The molecular formula is C13H14N2O2S. The Morgan fingerprint density at radius 2 is 2.00 bits per heavy atom. The van der Waals surface area contributed by atoms with Crippen molar-refractivity contribution in [2.45, 2.75) is 6.42 Å². The van der Waals surface area contributed by atoms with Crippen molar-refractivity contribution in [1.29, 1.82) is 0 Å². The number of rotatable bonds is 3. The van der Waals surface area contributed by atoms with Crippen molar-refractivity contribution in [1.82, 2.24) is 9.88 Å². The zero-order valence-electron chi connectivity index (χ0n) is 10.3. The van der Waals surface area contributed by atoms with Gasteiger partial charge in [0.1, 0.15) is 10.8 Å². The summed E-state index contributed by atoms with van der Waals surface area (Å²) < 4.78 is 0. The molecule has 0 aliphatic rings. The molecule has 1 amide bonds. The van der Waals surface area contributed by atoms with Gasteiger partial charge in [0.05, 0.1) is 12.1 Å². The maximum atomic E-state index is 11.6. The molecule has 2 rings (SSSR count). The van der Waals surface area contributed by atoms with Crippen LogP contribution in [0.2, 0.25) is 0 Å². The quantitative estimate of drug-likeness (QED) is 0.922. The number of hydrogen-bond donors (Lipinski definition) is 1. The zero-order valence-corrected chi connectivity index (χ0v) is 11.1. The van der Waals surface area contributed by atoms with Crippen LogP contribution in [0.1, 0.15) is 5.01 Å². The summed E-state index contributed by atoms with van der Waals surface area (Å²) in [5, 5.41) is 11.9. The molecule has 0 saturated heterocycles. The fourth-order valence-electron chi connectivity index (χ4n) is 1.44. The average Bonchev–Trinajstić information content (AvgIpc) is 2.78. The van der Waals surface area contributed by atoms with E-state index in [0.717, 1.165) is 16.3 Å². The number of phenolic OH excluding ortho intramolecular Hbond substituents is 1. The van der Waals surface area contributed by atoms with Crippen LogP contribution >= 0.6 is 11.3 Å². The normalized spacial score (nSPS) is 10.3. The second-order valence-electron chi connectivity index (χ2n) is 4.14. The molecule has 4 nitrogen and oxygen atoms in total. The van der Waals surface area contributed by atoms with Crippen LogP contribution in [0.3, 0.4) is 0 Å². The third kappa shape index (κ3) is 2.87. The molecule has 18 heavy (non-hydrogen) atoms. The smallest absolute Gasteiger partial charge is 0.228 e. The van der Waals surface area contributed by atoms with Gasteiger partial charge in [-0.2, -0.15) is 0 Å². The molecule has 0 saturated carbocycles. The highest BCUT2D eigenvalue weighted by molar-refractivity contribution is 7.10. The number of phenols is 1. The molecule has 1 heterocycles. The first-order valence-electron chi connectivity index (χ1n) is 5.50. The lowest BCUT2D eigenvalue weighted by atomic mass is 10.2. The van der Waals surface area contributed by atoms with Crippen LogP contribution in [0.25, 0.3) is 11.3 Å². The van der Waals surface area contributed by atoms with E-state index in [1.807, 2.05) is 17.5 Å². The molecule has 0 aliphatic heterocycles. The Balaban J connectivity index is 2.15. The monoisotopic (exact) mass is 262 g/mol. The van der Waals surface area contributed by atoms with Gasteiger partial charge < -0.3 is 10.0 Å². The van der Waals surface area contributed by atoms with Crippen molar-refractivity contribution in [3.63, 3.8) is 0 Å². The fraction of sp³-hybridized carbons (Fsp3) is 0.231. The maximum Gasteiger partial charge on any atom is 0.228 e. The zero-order chi connectivity index (χ0) is 13.1. The molecule has 0 unspecified atom stereocenters. The molecular weight excluding hydrogens is 248 g/mol. The van der Waals surface area contributed by atoms with Crippen LogP contribution in [0.5, 0.6) is 5.75 Å². The minimum Gasteiger partial charge on any atom is -0.508 e. The summed E-state index contributed by atoms with van der Waals surface area (Å²) in [4.78, 5) is 17.5. The first-order valence-corrected chi connectivity index (χ1v) is 6.38. The predicted octanol–water partition coefficient (Wildman–Crippen LogP) is 2.15. The summed E-state index contributed by atoms with van der Waals surface area (Å²) >= 11 is 1.47. The van der Waals surface area contributed by atoms with Crippen molar-refractivity contribution >= 4 is 17.2 Å².